The molecule has 0 amide bonds. The maximum Gasteiger partial charge on any atom is 0.119 e. The predicted octanol–water partition coefficient (Wildman–Crippen LogP) is 3.78. The smallest absolute Gasteiger partial charge is 0.119 e. The Hall–Kier alpha value is -1.83. The Balaban J connectivity index is 1.91. The zero-order valence-electron chi connectivity index (χ0n) is 9.60. The van der Waals surface area contributed by atoms with Crippen molar-refractivity contribution in [3.8, 4) is 5.75 Å². The number of hydrogen-bond acceptors (Lipinski definition) is 1. The van der Waals surface area contributed by atoms with Crippen LogP contribution in [0.5, 0.6) is 5.75 Å². The van der Waals surface area contributed by atoms with E-state index in [0.717, 1.165) is 16.9 Å². The molecule has 17 heavy (non-hydrogen) atoms. The zero-order chi connectivity index (χ0) is 11.9. The lowest BCUT2D eigenvalue weighted by Gasteiger charge is -2.06. The molecule has 2 aromatic rings. The van der Waals surface area contributed by atoms with Gasteiger partial charge in [0, 0.05) is 6.42 Å². The molecule has 0 saturated carbocycles. The van der Waals surface area contributed by atoms with Crippen LogP contribution in [0, 0.1) is 0 Å². The van der Waals surface area contributed by atoms with Crippen LogP contribution in [0.15, 0.2) is 54.6 Å². The third-order valence-corrected chi connectivity index (χ3v) is 2.55. The molecule has 0 spiro atoms. The fraction of sp³-hybridized carbons (Fsp3) is 0.200. The summed E-state index contributed by atoms with van der Waals surface area (Å²) in [4.78, 5) is 0. The maximum absolute atomic E-state index is 12.1. The highest BCUT2D eigenvalue weighted by molar-refractivity contribution is 5.27. The van der Waals surface area contributed by atoms with Gasteiger partial charge in [0.2, 0.25) is 0 Å². The van der Waals surface area contributed by atoms with Crippen molar-refractivity contribution in [2.24, 2.45) is 0 Å². The fourth-order valence-corrected chi connectivity index (χ4v) is 1.60. The van der Waals surface area contributed by atoms with E-state index in [1.807, 2.05) is 54.6 Å². The van der Waals surface area contributed by atoms with Crippen molar-refractivity contribution in [3.63, 3.8) is 0 Å². The van der Waals surface area contributed by atoms with Gasteiger partial charge in [-0.3, -0.25) is 4.39 Å². The first-order valence-corrected chi connectivity index (χ1v) is 5.70. The van der Waals surface area contributed by atoms with Gasteiger partial charge in [-0.2, -0.15) is 0 Å². The summed E-state index contributed by atoms with van der Waals surface area (Å²) < 4.78 is 17.7. The summed E-state index contributed by atoms with van der Waals surface area (Å²) in [6.07, 6.45) is 0.471. The van der Waals surface area contributed by atoms with Gasteiger partial charge in [0.15, 0.2) is 0 Å². The topological polar surface area (TPSA) is 9.23 Å². The van der Waals surface area contributed by atoms with Gasteiger partial charge in [0.05, 0.1) is 6.67 Å². The molecule has 88 valence electrons. The quantitative estimate of drug-likeness (QED) is 0.759. The minimum Gasteiger partial charge on any atom is -0.489 e. The van der Waals surface area contributed by atoms with E-state index < -0.39 is 0 Å². The number of ether oxygens (including phenoxy) is 1. The monoisotopic (exact) mass is 230 g/mol. The number of benzene rings is 2. The normalized spacial score (nSPS) is 10.2. The zero-order valence-corrected chi connectivity index (χ0v) is 9.60. The molecule has 0 fully saturated rings. The van der Waals surface area contributed by atoms with Crippen LogP contribution in [0.4, 0.5) is 4.39 Å². The second-order valence-electron chi connectivity index (χ2n) is 3.86. The average molecular weight is 230 g/mol. The average Bonchev–Trinajstić information content (AvgIpc) is 2.40. The Morgan fingerprint density at radius 1 is 0.824 bits per heavy atom. The first-order valence-electron chi connectivity index (χ1n) is 5.70. The van der Waals surface area contributed by atoms with E-state index in [9.17, 15) is 4.39 Å². The van der Waals surface area contributed by atoms with E-state index in [4.69, 9.17) is 4.74 Å². The van der Waals surface area contributed by atoms with Gasteiger partial charge in [0.1, 0.15) is 12.4 Å². The lowest BCUT2D eigenvalue weighted by atomic mass is 10.1. The van der Waals surface area contributed by atoms with Crippen molar-refractivity contribution in [3.05, 3.63) is 65.7 Å². The van der Waals surface area contributed by atoms with E-state index in [-0.39, 0.29) is 6.67 Å². The molecule has 2 aromatic carbocycles. The number of aryl methyl sites for hydroxylation is 1. The second-order valence-corrected chi connectivity index (χ2v) is 3.86. The summed E-state index contributed by atoms with van der Waals surface area (Å²) in [5.74, 6) is 0.816. The molecule has 0 aliphatic carbocycles. The summed E-state index contributed by atoms with van der Waals surface area (Å²) in [7, 11) is 0. The third kappa shape index (κ3) is 3.59. The molecule has 0 aliphatic rings. The van der Waals surface area contributed by atoms with E-state index >= 15 is 0 Å². The van der Waals surface area contributed by atoms with E-state index in [1.165, 1.54) is 0 Å². The van der Waals surface area contributed by atoms with Gasteiger partial charge in [-0.25, -0.2) is 0 Å². The van der Waals surface area contributed by atoms with Gasteiger partial charge in [0.25, 0.3) is 0 Å². The van der Waals surface area contributed by atoms with Gasteiger partial charge >= 0.3 is 0 Å². The molecule has 1 nitrogen and oxygen atoms in total. The number of hydrogen-bond donors (Lipinski definition) is 0. The minimum absolute atomic E-state index is 0.315. The van der Waals surface area contributed by atoms with Gasteiger partial charge in [-0.15, -0.1) is 0 Å². The largest absolute Gasteiger partial charge is 0.489 e. The Bertz CT molecular complexity index is 436. The Labute approximate surface area is 101 Å². The van der Waals surface area contributed by atoms with Crippen molar-refractivity contribution >= 4 is 0 Å². The van der Waals surface area contributed by atoms with E-state index in [2.05, 4.69) is 0 Å². The van der Waals surface area contributed by atoms with Gasteiger partial charge < -0.3 is 4.74 Å². The van der Waals surface area contributed by atoms with Crippen LogP contribution < -0.4 is 4.74 Å². The Kier molecular flexibility index (Phi) is 4.14. The van der Waals surface area contributed by atoms with Crippen molar-refractivity contribution < 1.29 is 9.13 Å². The fourth-order valence-electron chi connectivity index (χ4n) is 1.60. The minimum atomic E-state index is -0.315. The van der Waals surface area contributed by atoms with Crippen LogP contribution in [-0.2, 0) is 13.0 Å². The summed E-state index contributed by atoms with van der Waals surface area (Å²) >= 11 is 0. The highest BCUT2D eigenvalue weighted by Crippen LogP contribution is 2.14. The molecule has 0 heterocycles. The Morgan fingerprint density at radius 2 is 1.53 bits per heavy atom. The van der Waals surface area contributed by atoms with Gasteiger partial charge in [-0.1, -0.05) is 42.5 Å². The summed E-state index contributed by atoms with van der Waals surface area (Å²) in [6.45, 7) is 0.244. The van der Waals surface area contributed by atoms with Crippen LogP contribution in [0.3, 0.4) is 0 Å². The number of alkyl halides is 1. The van der Waals surface area contributed by atoms with Crippen molar-refractivity contribution in [1.82, 2.24) is 0 Å². The Morgan fingerprint density at radius 3 is 2.18 bits per heavy atom. The number of rotatable bonds is 5. The predicted molar refractivity (Wildman–Crippen MR) is 66.9 cm³/mol. The molecule has 0 N–H and O–H groups in total. The van der Waals surface area contributed by atoms with Crippen molar-refractivity contribution in [2.45, 2.75) is 13.0 Å². The first kappa shape index (κ1) is 11.6. The highest BCUT2D eigenvalue weighted by atomic mass is 19.1. The molecule has 2 heteroatoms. The van der Waals surface area contributed by atoms with E-state index in [1.54, 1.807) is 0 Å². The van der Waals surface area contributed by atoms with Crippen LogP contribution in [0.25, 0.3) is 0 Å². The molecule has 0 atom stereocenters. The molecule has 0 radical (unpaired) electrons. The maximum atomic E-state index is 12.1. The molecule has 0 bridgehead atoms. The molecule has 0 aliphatic heterocycles. The van der Waals surface area contributed by atoms with Crippen LogP contribution in [0.1, 0.15) is 11.1 Å². The molecule has 0 unspecified atom stereocenters. The van der Waals surface area contributed by atoms with Crippen LogP contribution in [0.2, 0.25) is 0 Å². The molecular weight excluding hydrogens is 215 g/mol. The summed E-state index contributed by atoms with van der Waals surface area (Å²) in [5, 5.41) is 0. The van der Waals surface area contributed by atoms with Crippen molar-refractivity contribution in [2.75, 3.05) is 6.67 Å². The van der Waals surface area contributed by atoms with E-state index in [0.29, 0.717) is 13.0 Å². The number of halogens is 1. The molecule has 0 saturated heterocycles. The summed E-state index contributed by atoms with van der Waals surface area (Å²) in [5.41, 5.74) is 2.14. The molecule has 0 aromatic heterocycles. The van der Waals surface area contributed by atoms with Crippen molar-refractivity contribution in [1.29, 1.82) is 0 Å². The van der Waals surface area contributed by atoms with Crippen LogP contribution in [-0.4, -0.2) is 6.67 Å². The summed E-state index contributed by atoms with van der Waals surface area (Å²) in [6, 6.07) is 17.6. The standard InChI is InChI=1S/C15H15FO/c16-11-10-13-6-8-15(9-7-13)17-12-14-4-2-1-3-5-14/h1-9H,10-12H2. The lowest BCUT2D eigenvalue weighted by molar-refractivity contribution is 0.306. The molecule has 2 rings (SSSR count). The highest BCUT2D eigenvalue weighted by Gasteiger charge is 1.96. The third-order valence-electron chi connectivity index (χ3n) is 2.55. The van der Waals surface area contributed by atoms with Gasteiger partial charge in [-0.05, 0) is 23.3 Å². The van der Waals surface area contributed by atoms with Crippen LogP contribution >= 0.6 is 0 Å². The first-order chi connectivity index (χ1) is 8.38. The molecular formula is C15H15FO. The lowest BCUT2D eigenvalue weighted by Crippen LogP contribution is -1.95. The second kappa shape index (κ2) is 6.04. The SMILES string of the molecule is FCCc1ccc(OCc2ccccc2)cc1.